The molecule has 1 heterocycles. The Morgan fingerprint density at radius 1 is 1.08 bits per heavy atom. The van der Waals surface area contributed by atoms with Crippen molar-refractivity contribution in [2.75, 3.05) is 0 Å². The Kier molecular flexibility index (Phi) is 4.85. The highest BCUT2D eigenvalue weighted by atomic mass is 32.1. The SMILES string of the molecule is O=C(O)c1ccc(-c2csc(CN=Cc3ccc(O)c(O)c3O)n2)cc1. The molecule has 0 saturated carbocycles. The Hall–Kier alpha value is -3.39. The summed E-state index contributed by atoms with van der Waals surface area (Å²) >= 11 is 1.41. The van der Waals surface area contributed by atoms with Crippen molar-refractivity contribution < 1.29 is 25.2 Å². The van der Waals surface area contributed by atoms with Gasteiger partial charge in [0.15, 0.2) is 11.5 Å². The number of aromatic nitrogens is 1. The Balaban J connectivity index is 1.71. The van der Waals surface area contributed by atoms with Crippen LogP contribution >= 0.6 is 11.3 Å². The van der Waals surface area contributed by atoms with E-state index in [2.05, 4.69) is 9.98 Å². The molecule has 0 atom stereocenters. The lowest BCUT2D eigenvalue weighted by Crippen LogP contribution is -1.95. The Labute approximate surface area is 152 Å². The van der Waals surface area contributed by atoms with Crippen molar-refractivity contribution in [1.29, 1.82) is 0 Å². The second kappa shape index (κ2) is 7.24. The Morgan fingerprint density at radius 3 is 2.50 bits per heavy atom. The molecular formula is C18H14N2O5S. The first kappa shape index (κ1) is 17.4. The van der Waals surface area contributed by atoms with Gasteiger partial charge >= 0.3 is 5.97 Å². The number of phenolic OH excluding ortho intramolecular Hbond substituents is 3. The number of aromatic hydroxyl groups is 3. The van der Waals surface area contributed by atoms with E-state index in [1.54, 1.807) is 12.1 Å². The topological polar surface area (TPSA) is 123 Å². The van der Waals surface area contributed by atoms with Gasteiger partial charge in [0.1, 0.15) is 5.01 Å². The van der Waals surface area contributed by atoms with Crippen molar-refractivity contribution in [2.45, 2.75) is 6.54 Å². The summed E-state index contributed by atoms with van der Waals surface area (Å²) in [5.74, 6) is -2.41. The molecule has 4 N–H and O–H groups in total. The summed E-state index contributed by atoms with van der Waals surface area (Å²) in [6.45, 7) is 0.277. The molecule has 0 aliphatic rings. The van der Waals surface area contributed by atoms with Gasteiger partial charge in [0.2, 0.25) is 5.75 Å². The van der Waals surface area contributed by atoms with Gasteiger partial charge in [0.25, 0.3) is 0 Å². The highest BCUT2D eigenvalue weighted by Gasteiger charge is 2.10. The van der Waals surface area contributed by atoms with E-state index in [0.29, 0.717) is 0 Å². The number of benzene rings is 2. The van der Waals surface area contributed by atoms with Gasteiger partial charge < -0.3 is 20.4 Å². The van der Waals surface area contributed by atoms with Crippen LogP contribution in [0.1, 0.15) is 20.9 Å². The molecular weight excluding hydrogens is 356 g/mol. The van der Waals surface area contributed by atoms with E-state index < -0.39 is 23.2 Å². The maximum absolute atomic E-state index is 10.9. The number of carboxylic acid groups (broad SMARTS) is 1. The van der Waals surface area contributed by atoms with Crippen molar-refractivity contribution in [1.82, 2.24) is 4.98 Å². The van der Waals surface area contributed by atoms with Crippen LogP contribution in [0.3, 0.4) is 0 Å². The van der Waals surface area contributed by atoms with Crippen LogP contribution in [0.2, 0.25) is 0 Å². The lowest BCUT2D eigenvalue weighted by molar-refractivity contribution is 0.0697. The molecule has 0 unspecified atom stereocenters. The zero-order valence-electron chi connectivity index (χ0n) is 13.3. The average Bonchev–Trinajstić information content (AvgIpc) is 3.11. The number of phenols is 3. The minimum atomic E-state index is -0.978. The van der Waals surface area contributed by atoms with Crippen molar-refractivity contribution in [3.63, 3.8) is 0 Å². The predicted octanol–water partition coefficient (Wildman–Crippen LogP) is 3.24. The van der Waals surface area contributed by atoms with E-state index in [1.165, 1.54) is 41.8 Å². The van der Waals surface area contributed by atoms with E-state index in [0.717, 1.165) is 16.3 Å². The van der Waals surface area contributed by atoms with Crippen LogP contribution < -0.4 is 0 Å². The third-order valence-electron chi connectivity index (χ3n) is 3.60. The molecule has 0 saturated heterocycles. The van der Waals surface area contributed by atoms with Gasteiger partial charge in [-0.05, 0) is 24.3 Å². The molecule has 0 radical (unpaired) electrons. The molecule has 0 spiro atoms. The molecule has 7 nitrogen and oxygen atoms in total. The monoisotopic (exact) mass is 370 g/mol. The molecule has 0 aliphatic heterocycles. The summed E-state index contributed by atoms with van der Waals surface area (Å²) in [6, 6.07) is 9.14. The highest BCUT2D eigenvalue weighted by molar-refractivity contribution is 7.09. The van der Waals surface area contributed by atoms with Crippen molar-refractivity contribution >= 4 is 23.5 Å². The Bertz CT molecular complexity index is 980. The van der Waals surface area contributed by atoms with Crippen LogP contribution in [-0.2, 0) is 6.54 Å². The summed E-state index contributed by atoms with van der Waals surface area (Å²) in [7, 11) is 0. The molecule has 1 aromatic heterocycles. The summed E-state index contributed by atoms with van der Waals surface area (Å²) < 4.78 is 0. The molecule has 8 heteroatoms. The van der Waals surface area contributed by atoms with E-state index >= 15 is 0 Å². The molecule has 0 aliphatic carbocycles. The Morgan fingerprint density at radius 2 is 1.81 bits per heavy atom. The molecule has 0 amide bonds. The standard InChI is InChI=1S/C18H14N2O5S/c21-14-6-5-12(16(22)17(14)23)7-19-8-15-20-13(9-26-15)10-1-3-11(4-2-10)18(24)25/h1-7,9,21-23H,8H2,(H,24,25). The first-order chi connectivity index (χ1) is 12.5. The highest BCUT2D eigenvalue weighted by Crippen LogP contribution is 2.36. The normalized spacial score (nSPS) is 11.1. The molecule has 3 aromatic rings. The van der Waals surface area contributed by atoms with Gasteiger partial charge in [0.05, 0.1) is 17.8 Å². The fourth-order valence-electron chi connectivity index (χ4n) is 2.21. The van der Waals surface area contributed by atoms with Gasteiger partial charge in [-0.15, -0.1) is 11.3 Å². The number of nitrogens with zero attached hydrogens (tertiary/aromatic N) is 2. The molecule has 0 bridgehead atoms. The van der Waals surface area contributed by atoms with Crippen LogP contribution in [0.5, 0.6) is 17.2 Å². The molecule has 0 fully saturated rings. The summed E-state index contributed by atoms with van der Waals surface area (Å²) in [5.41, 5.74) is 2.02. The lowest BCUT2D eigenvalue weighted by Gasteiger charge is -2.02. The number of carbonyl (C=O) groups is 1. The maximum atomic E-state index is 10.9. The predicted molar refractivity (Wildman–Crippen MR) is 97.2 cm³/mol. The molecule has 132 valence electrons. The summed E-state index contributed by atoms with van der Waals surface area (Å²) in [4.78, 5) is 19.5. The largest absolute Gasteiger partial charge is 0.504 e. The minimum Gasteiger partial charge on any atom is -0.504 e. The number of aliphatic imine (C=N–C) groups is 1. The number of hydrogen-bond donors (Lipinski definition) is 4. The summed E-state index contributed by atoms with van der Waals surface area (Å²) in [6.07, 6.45) is 1.39. The van der Waals surface area contributed by atoms with Crippen molar-refractivity contribution in [3.8, 4) is 28.5 Å². The quantitative estimate of drug-likeness (QED) is 0.404. The fourth-order valence-corrected chi connectivity index (χ4v) is 2.95. The lowest BCUT2D eigenvalue weighted by atomic mass is 10.1. The van der Waals surface area contributed by atoms with Gasteiger partial charge in [0, 0.05) is 22.7 Å². The second-order valence-corrected chi connectivity index (χ2v) is 6.29. The molecule has 26 heavy (non-hydrogen) atoms. The molecule has 3 rings (SSSR count). The minimum absolute atomic E-state index is 0.214. The smallest absolute Gasteiger partial charge is 0.335 e. The van der Waals surface area contributed by atoms with Crippen LogP contribution in [0, 0.1) is 0 Å². The van der Waals surface area contributed by atoms with E-state index in [1.807, 2.05) is 5.38 Å². The van der Waals surface area contributed by atoms with Crippen LogP contribution in [-0.4, -0.2) is 37.6 Å². The third-order valence-corrected chi connectivity index (χ3v) is 4.43. The van der Waals surface area contributed by atoms with Crippen molar-refractivity contribution in [3.05, 3.63) is 57.9 Å². The number of aromatic carboxylic acids is 1. The zero-order valence-corrected chi connectivity index (χ0v) is 14.1. The van der Waals surface area contributed by atoms with E-state index in [9.17, 15) is 20.1 Å². The van der Waals surface area contributed by atoms with Gasteiger partial charge in [-0.2, -0.15) is 0 Å². The van der Waals surface area contributed by atoms with Crippen LogP contribution in [0.4, 0.5) is 0 Å². The summed E-state index contributed by atoms with van der Waals surface area (Å²) in [5, 5.41) is 40.0. The number of thiazole rings is 1. The fraction of sp³-hybridized carbons (Fsp3) is 0.0556. The van der Waals surface area contributed by atoms with Crippen molar-refractivity contribution in [2.24, 2.45) is 4.99 Å². The first-order valence-electron chi connectivity index (χ1n) is 7.47. The number of hydrogen-bond acceptors (Lipinski definition) is 7. The van der Waals surface area contributed by atoms with Gasteiger partial charge in [-0.25, -0.2) is 9.78 Å². The van der Waals surface area contributed by atoms with E-state index in [-0.39, 0.29) is 17.7 Å². The zero-order chi connectivity index (χ0) is 18.7. The average molecular weight is 370 g/mol. The van der Waals surface area contributed by atoms with Gasteiger partial charge in [-0.1, -0.05) is 12.1 Å². The van der Waals surface area contributed by atoms with Gasteiger partial charge in [-0.3, -0.25) is 4.99 Å². The number of carboxylic acids is 1. The van der Waals surface area contributed by atoms with Crippen LogP contribution in [0.25, 0.3) is 11.3 Å². The maximum Gasteiger partial charge on any atom is 0.335 e. The second-order valence-electron chi connectivity index (χ2n) is 5.35. The number of rotatable bonds is 5. The molecule has 2 aromatic carbocycles. The van der Waals surface area contributed by atoms with Crippen LogP contribution in [0.15, 0.2) is 46.8 Å². The first-order valence-corrected chi connectivity index (χ1v) is 8.35. The third kappa shape index (κ3) is 3.65. The van der Waals surface area contributed by atoms with E-state index in [4.69, 9.17) is 5.11 Å².